The molecule has 0 saturated heterocycles. The summed E-state index contributed by atoms with van der Waals surface area (Å²) < 4.78 is 2.68. The number of aliphatic hydroxyl groups is 1. The van der Waals surface area contributed by atoms with Gasteiger partial charge in [-0.3, -0.25) is 0 Å². The maximum atomic E-state index is 14.0. The molecule has 264 valence electrons. The van der Waals surface area contributed by atoms with Gasteiger partial charge in [-0.1, -0.05) is 40.7 Å². The van der Waals surface area contributed by atoms with Crippen molar-refractivity contribution in [2.24, 2.45) is 69.3 Å². The number of nitrogens with one attached hydrogen (secondary N) is 3. The van der Waals surface area contributed by atoms with Gasteiger partial charge in [0, 0.05) is 0 Å². The van der Waals surface area contributed by atoms with Crippen LogP contribution in [0.1, 0.15) is 106 Å². The van der Waals surface area contributed by atoms with Crippen LogP contribution in [0.15, 0.2) is 12.7 Å². The molecule has 0 bridgehead atoms. The molecule has 1 amide bonds. The van der Waals surface area contributed by atoms with E-state index >= 15 is 0 Å². The summed E-state index contributed by atoms with van der Waals surface area (Å²) in [5, 5.41) is 22.6. The number of nitrogens with two attached hydrogens (primary N) is 1. The van der Waals surface area contributed by atoms with Gasteiger partial charge in [0.15, 0.2) is 0 Å². The van der Waals surface area contributed by atoms with Gasteiger partial charge < -0.3 is 5.11 Å². The van der Waals surface area contributed by atoms with Gasteiger partial charge in [0.05, 0.1) is 0 Å². The summed E-state index contributed by atoms with van der Waals surface area (Å²) >= 11 is -0.311. The van der Waals surface area contributed by atoms with Crippen LogP contribution in [0.3, 0.4) is 0 Å². The van der Waals surface area contributed by atoms with Crippen LogP contribution in [-0.4, -0.2) is 77.5 Å². The fraction of sp³-hybridized carbons (Fsp3) is 0.923. The minimum absolute atomic E-state index is 0.0583. The average molecular weight is 748 g/mol. The van der Waals surface area contributed by atoms with Crippen LogP contribution in [0.2, 0.25) is 8.87 Å². The first-order valence-electron chi connectivity index (χ1n) is 19.3. The van der Waals surface area contributed by atoms with E-state index in [1.807, 2.05) is 0 Å². The minimum atomic E-state index is -0.311. The van der Waals surface area contributed by atoms with Crippen molar-refractivity contribution in [1.82, 2.24) is 16.0 Å². The van der Waals surface area contributed by atoms with Gasteiger partial charge in [0.2, 0.25) is 0 Å². The summed E-state index contributed by atoms with van der Waals surface area (Å²) in [6.07, 6.45) is 13.3. The number of allylic oxidation sites excluding steroid dienone is 1. The van der Waals surface area contributed by atoms with Crippen LogP contribution in [0.4, 0.5) is 0 Å². The molecule has 4 rings (SSSR count). The van der Waals surface area contributed by atoms with E-state index in [-0.39, 0.29) is 55.3 Å². The number of carbonyl (C=O) groups is 1. The summed E-state index contributed by atoms with van der Waals surface area (Å²) in [4.78, 5) is 14.0. The molecule has 7 heteroatoms. The minimum Gasteiger partial charge on any atom is -0.0617 e. The zero-order valence-corrected chi connectivity index (χ0v) is 33.5. The summed E-state index contributed by atoms with van der Waals surface area (Å²) in [6.45, 7) is 24.4. The number of hydrogen-bond acceptors (Lipinski definition) is 5. The monoisotopic (exact) mass is 748 g/mol. The first-order chi connectivity index (χ1) is 21.9. The fourth-order valence-electron chi connectivity index (χ4n) is 11.8. The molecule has 0 aromatic rings. The summed E-state index contributed by atoms with van der Waals surface area (Å²) in [5.41, 5.74) is 6.03. The van der Waals surface area contributed by atoms with E-state index in [2.05, 4.69) is 70.1 Å². The van der Waals surface area contributed by atoms with Crippen LogP contribution in [0, 0.1) is 63.6 Å². The zero-order chi connectivity index (χ0) is 33.5. The quantitative estimate of drug-likeness (QED) is 0.0646. The van der Waals surface area contributed by atoms with Gasteiger partial charge in [-0.2, -0.15) is 0 Å². The number of rotatable bonds is 18. The third-order valence-electron chi connectivity index (χ3n) is 14.4. The van der Waals surface area contributed by atoms with Crippen molar-refractivity contribution in [3.8, 4) is 0 Å². The topological polar surface area (TPSA) is 99.4 Å². The molecule has 0 heterocycles. The number of aliphatic hydroxyl groups excluding tert-OH is 1. The van der Waals surface area contributed by atoms with Gasteiger partial charge in [0.25, 0.3) is 0 Å². The number of amides is 1. The number of fused-ring (bicyclic) bond motifs is 5. The van der Waals surface area contributed by atoms with E-state index in [9.17, 15) is 9.90 Å². The van der Waals surface area contributed by atoms with Crippen LogP contribution >= 0.6 is 0 Å². The Bertz CT molecular complexity index is 980. The van der Waals surface area contributed by atoms with Crippen molar-refractivity contribution in [2.45, 2.75) is 121 Å². The van der Waals surface area contributed by atoms with Gasteiger partial charge >= 0.3 is 188 Å². The van der Waals surface area contributed by atoms with E-state index in [4.69, 9.17) is 5.73 Å². The Labute approximate surface area is 293 Å². The Morgan fingerprint density at radius 1 is 0.957 bits per heavy atom. The van der Waals surface area contributed by atoms with Gasteiger partial charge in [0.1, 0.15) is 0 Å². The first-order valence-corrected chi connectivity index (χ1v) is 23.4. The molecule has 0 aliphatic heterocycles. The summed E-state index contributed by atoms with van der Waals surface area (Å²) in [6, 6.07) is 0. The van der Waals surface area contributed by atoms with Crippen LogP contribution in [-0.2, 0) is 4.79 Å². The number of hydrogen-bond donors (Lipinski definition) is 5. The molecule has 4 saturated carbocycles. The Kier molecular flexibility index (Phi) is 14.4. The molecule has 6 nitrogen and oxygen atoms in total. The van der Waals surface area contributed by atoms with Crippen molar-refractivity contribution >= 4 is 27.0 Å². The molecule has 11 unspecified atom stereocenters. The molecule has 4 aliphatic carbocycles. The third kappa shape index (κ3) is 8.08. The molecule has 0 aromatic heterocycles. The van der Waals surface area contributed by atoms with Crippen LogP contribution in [0.25, 0.3) is 0 Å². The molecule has 6 N–H and O–H groups in total. The first kappa shape index (κ1) is 38.6. The molecule has 0 spiro atoms. The second kappa shape index (κ2) is 17.2. The second-order valence-corrected chi connectivity index (χ2v) is 21.4. The number of carbonyl (C=O) groups excluding carboxylic acids is 1. The van der Waals surface area contributed by atoms with Gasteiger partial charge in [-0.15, -0.1) is 6.58 Å². The Morgan fingerprint density at radius 3 is 2.33 bits per heavy atom. The van der Waals surface area contributed by atoms with Crippen LogP contribution in [0.5, 0.6) is 0 Å². The molecular formula is C39H72N4O2Sn. The van der Waals surface area contributed by atoms with E-state index in [0.717, 1.165) is 58.4 Å². The Balaban J connectivity index is 1.40. The average Bonchev–Trinajstić information content (AvgIpc) is 3.35. The van der Waals surface area contributed by atoms with E-state index < -0.39 is 0 Å². The van der Waals surface area contributed by atoms with E-state index in [0.29, 0.717) is 48.0 Å². The van der Waals surface area contributed by atoms with Crippen molar-refractivity contribution in [2.75, 3.05) is 39.3 Å². The summed E-state index contributed by atoms with van der Waals surface area (Å²) in [5.74, 6) is 4.05. The Hall–Kier alpha value is -0.151. The zero-order valence-electron chi connectivity index (χ0n) is 30.6. The Morgan fingerprint density at radius 2 is 1.65 bits per heavy atom. The molecule has 4 fully saturated rings. The maximum absolute atomic E-state index is 14.0. The smallest absolute Gasteiger partial charge is 0.0617 e. The summed E-state index contributed by atoms with van der Waals surface area (Å²) in [7, 11) is 0. The molecule has 4 aliphatic rings. The molecule has 0 aromatic carbocycles. The van der Waals surface area contributed by atoms with Crippen LogP contribution < -0.4 is 21.7 Å². The van der Waals surface area contributed by atoms with Crippen molar-refractivity contribution in [3.05, 3.63) is 12.7 Å². The standard InChI is InChI=1S/C35H61N2O2.C4H11N2.Sn/c1-9-25-14-17-33(6)28(24(25)5)16-19-35(8)31(33)30(38)22-29-26(15-18-34(29,35)7)27(13-11-12-23(3)4)32(39)37-21-20-36-10-2;1-2-6-4-3-5;/h9,23-31,36,38H,1-2,10-22H2,3-8H3,(H,37,39);6H,1-5H2;. The van der Waals surface area contributed by atoms with E-state index in [1.165, 1.54) is 47.4 Å². The molecule has 11 atom stereocenters. The van der Waals surface area contributed by atoms with E-state index in [1.54, 1.807) is 0 Å². The van der Waals surface area contributed by atoms with Gasteiger partial charge in [-0.25, -0.2) is 0 Å². The molecular weight excluding hydrogens is 675 g/mol. The molecule has 2 radical (unpaired) electrons. The predicted octanol–water partition coefficient (Wildman–Crippen LogP) is 6.29. The van der Waals surface area contributed by atoms with Crippen molar-refractivity contribution in [3.63, 3.8) is 0 Å². The SMILES string of the molecule is C=CC1CCC2(C)C(CCC3(C)C2C(O)CC2C(C(CCCC(C)C)C(=O)NCCNC[CH2][Sn][CH2]CNCCN)CCC23C)C1C. The third-order valence-corrected chi connectivity index (χ3v) is 17.8. The molecule has 46 heavy (non-hydrogen) atoms. The van der Waals surface area contributed by atoms with Crippen molar-refractivity contribution in [1.29, 1.82) is 0 Å². The van der Waals surface area contributed by atoms with Gasteiger partial charge in [-0.05, 0) is 54.8 Å². The predicted molar refractivity (Wildman–Crippen MR) is 195 cm³/mol. The van der Waals surface area contributed by atoms with Crippen molar-refractivity contribution < 1.29 is 9.90 Å². The fourth-order valence-corrected chi connectivity index (χ4v) is 14.6. The second-order valence-electron chi connectivity index (χ2n) is 17.1. The normalized spacial score (nSPS) is 39.4.